The van der Waals surface area contributed by atoms with Gasteiger partial charge in [0.1, 0.15) is 17.6 Å². The van der Waals surface area contributed by atoms with Crippen LogP contribution in [0.25, 0.3) is 11.3 Å². The summed E-state index contributed by atoms with van der Waals surface area (Å²) in [5.41, 5.74) is 4.60. The molecule has 2 aromatic carbocycles. The van der Waals surface area contributed by atoms with Gasteiger partial charge in [0.25, 0.3) is 0 Å². The molecule has 0 spiro atoms. The SMILES string of the molecule is CCC1CN(Cc2cn[nH]c2-c2ccccc2)Cc2cc(OC)ccc2O1. The number of rotatable bonds is 5. The Kier molecular flexibility index (Phi) is 5.12. The molecule has 1 aliphatic heterocycles. The third-order valence-corrected chi connectivity index (χ3v) is 5.05. The van der Waals surface area contributed by atoms with E-state index in [1.807, 2.05) is 24.4 Å². The van der Waals surface area contributed by atoms with Gasteiger partial charge >= 0.3 is 0 Å². The third-order valence-electron chi connectivity index (χ3n) is 5.05. The fraction of sp³-hybridized carbons (Fsp3) is 0.318. The number of aromatic amines is 1. The molecule has 5 heteroatoms. The van der Waals surface area contributed by atoms with Crippen LogP contribution in [0.5, 0.6) is 11.5 Å². The zero-order valence-corrected chi connectivity index (χ0v) is 15.8. The van der Waals surface area contributed by atoms with E-state index in [2.05, 4.69) is 52.4 Å². The van der Waals surface area contributed by atoms with Gasteiger partial charge in [-0.15, -0.1) is 0 Å². The lowest BCUT2D eigenvalue weighted by molar-refractivity contribution is 0.139. The van der Waals surface area contributed by atoms with Crippen molar-refractivity contribution in [1.82, 2.24) is 15.1 Å². The second-order valence-corrected chi connectivity index (χ2v) is 6.93. The summed E-state index contributed by atoms with van der Waals surface area (Å²) in [5.74, 6) is 1.82. The minimum Gasteiger partial charge on any atom is -0.497 e. The molecule has 140 valence electrons. The normalized spacial score (nSPS) is 17.0. The van der Waals surface area contributed by atoms with Crippen LogP contribution in [-0.4, -0.2) is 34.9 Å². The molecule has 1 aromatic heterocycles. The van der Waals surface area contributed by atoms with E-state index in [4.69, 9.17) is 9.47 Å². The fourth-order valence-electron chi connectivity index (χ4n) is 3.59. The van der Waals surface area contributed by atoms with Crippen LogP contribution in [-0.2, 0) is 13.1 Å². The van der Waals surface area contributed by atoms with Gasteiger partial charge in [-0.25, -0.2) is 0 Å². The van der Waals surface area contributed by atoms with Gasteiger partial charge in [-0.3, -0.25) is 10.00 Å². The summed E-state index contributed by atoms with van der Waals surface area (Å²) in [7, 11) is 1.70. The van der Waals surface area contributed by atoms with Gasteiger partial charge in [-0.05, 0) is 30.2 Å². The molecule has 1 aliphatic rings. The van der Waals surface area contributed by atoms with Crippen molar-refractivity contribution < 1.29 is 9.47 Å². The molecule has 5 nitrogen and oxygen atoms in total. The van der Waals surface area contributed by atoms with Crippen LogP contribution < -0.4 is 9.47 Å². The molecule has 0 saturated heterocycles. The molecule has 1 unspecified atom stereocenters. The van der Waals surface area contributed by atoms with E-state index in [1.54, 1.807) is 7.11 Å². The van der Waals surface area contributed by atoms with Crippen LogP contribution >= 0.6 is 0 Å². The minimum absolute atomic E-state index is 0.173. The van der Waals surface area contributed by atoms with E-state index in [-0.39, 0.29) is 6.10 Å². The van der Waals surface area contributed by atoms with E-state index in [0.29, 0.717) is 0 Å². The van der Waals surface area contributed by atoms with Crippen molar-refractivity contribution in [2.24, 2.45) is 0 Å². The second kappa shape index (κ2) is 7.84. The molecular formula is C22H25N3O2. The van der Waals surface area contributed by atoms with Crippen molar-refractivity contribution in [3.05, 3.63) is 65.9 Å². The van der Waals surface area contributed by atoms with Gasteiger partial charge in [-0.1, -0.05) is 37.3 Å². The average Bonchev–Trinajstić information content (AvgIpc) is 3.09. The molecule has 2 heterocycles. The van der Waals surface area contributed by atoms with E-state index in [9.17, 15) is 0 Å². The molecule has 27 heavy (non-hydrogen) atoms. The van der Waals surface area contributed by atoms with Gasteiger partial charge in [0, 0.05) is 30.8 Å². The van der Waals surface area contributed by atoms with E-state index in [0.717, 1.165) is 54.4 Å². The van der Waals surface area contributed by atoms with E-state index < -0.39 is 0 Å². The summed E-state index contributed by atoms with van der Waals surface area (Å²) in [6, 6.07) is 16.4. The van der Waals surface area contributed by atoms with Crippen molar-refractivity contribution in [3.8, 4) is 22.8 Å². The number of nitrogens with zero attached hydrogens (tertiary/aromatic N) is 2. The highest BCUT2D eigenvalue weighted by Crippen LogP contribution is 2.31. The first kappa shape index (κ1) is 17.6. The first-order valence-corrected chi connectivity index (χ1v) is 9.40. The minimum atomic E-state index is 0.173. The van der Waals surface area contributed by atoms with Gasteiger partial charge in [0.2, 0.25) is 0 Å². The van der Waals surface area contributed by atoms with E-state index in [1.165, 1.54) is 5.56 Å². The molecule has 3 aromatic rings. The van der Waals surface area contributed by atoms with Gasteiger partial charge < -0.3 is 9.47 Å². The van der Waals surface area contributed by atoms with Crippen LogP contribution in [0.2, 0.25) is 0 Å². The summed E-state index contributed by atoms with van der Waals surface area (Å²) in [4.78, 5) is 2.43. The molecule has 0 radical (unpaired) electrons. The first-order chi connectivity index (χ1) is 13.3. The van der Waals surface area contributed by atoms with Gasteiger partial charge in [0.05, 0.1) is 19.0 Å². The number of hydrogen-bond donors (Lipinski definition) is 1. The molecule has 0 saturated carbocycles. The molecule has 4 rings (SSSR count). The topological polar surface area (TPSA) is 50.4 Å². The smallest absolute Gasteiger partial charge is 0.124 e. The predicted octanol–water partition coefficient (Wildman–Crippen LogP) is 4.26. The van der Waals surface area contributed by atoms with Crippen molar-refractivity contribution in [2.45, 2.75) is 32.5 Å². The number of aromatic nitrogens is 2. The Morgan fingerprint density at radius 1 is 1.22 bits per heavy atom. The van der Waals surface area contributed by atoms with Crippen LogP contribution in [0.1, 0.15) is 24.5 Å². The Bertz CT molecular complexity index is 892. The molecule has 0 aliphatic carbocycles. The lowest BCUT2D eigenvalue weighted by Gasteiger charge is -2.23. The number of hydrogen-bond acceptors (Lipinski definition) is 4. The van der Waals surface area contributed by atoms with Crippen LogP contribution in [0.4, 0.5) is 0 Å². The highest BCUT2D eigenvalue weighted by Gasteiger charge is 2.23. The summed E-state index contributed by atoms with van der Waals surface area (Å²) in [6.45, 7) is 4.69. The van der Waals surface area contributed by atoms with Crippen molar-refractivity contribution in [2.75, 3.05) is 13.7 Å². The quantitative estimate of drug-likeness (QED) is 0.736. The van der Waals surface area contributed by atoms with E-state index >= 15 is 0 Å². The number of benzene rings is 2. The summed E-state index contributed by atoms with van der Waals surface area (Å²) in [6.07, 6.45) is 3.08. The maximum Gasteiger partial charge on any atom is 0.124 e. The first-order valence-electron chi connectivity index (χ1n) is 9.40. The standard InChI is InChI=1S/C22H25N3O2/c1-3-19-15-25(13-17-11-20(26-2)9-10-21(17)27-19)14-18-12-23-24-22(18)16-7-5-4-6-8-16/h4-12,19H,3,13-15H2,1-2H3,(H,23,24). The highest BCUT2D eigenvalue weighted by atomic mass is 16.5. The molecule has 1 N–H and O–H groups in total. The van der Waals surface area contributed by atoms with Gasteiger partial charge in [0.15, 0.2) is 0 Å². The maximum absolute atomic E-state index is 6.25. The Balaban J connectivity index is 1.61. The average molecular weight is 363 g/mol. The van der Waals surface area contributed by atoms with Crippen molar-refractivity contribution in [3.63, 3.8) is 0 Å². The summed E-state index contributed by atoms with van der Waals surface area (Å²) >= 11 is 0. The Morgan fingerprint density at radius 3 is 2.85 bits per heavy atom. The van der Waals surface area contributed by atoms with Crippen LogP contribution in [0.3, 0.4) is 0 Å². The maximum atomic E-state index is 6.25. The third kappa shape index (κ3) is 3.83. The predicted molar refractivity (Wildman–Crippen MR) is 106 cm³/mol. The number of H-pyrrole nitrogens is 1. The van der Waals surface area contributed by atoms with Crippen LogP contribution in [0.15, 0.2) is 54.7 Å². The fourth-order valence-corrected chi connectivity index (χ4v) is 3.59. The zero-order chi connectivity index (χ0) is 18.6. The largest absolute Gasteiger partial charge is 0.497 e. The second-order valence-electron chi connectivity index (χ2n) is 6.93. The molecular weight excluding hydrogens is 338 g/mol. The highest BCUT2D eigenvalue weighted by molar-refractivity contribution is 5.62. The van der Waals surface area contributed by atoms with Crippen LogP contribution in [0, 0.1) is 0 Å². The number of methoxy groups -OCH3 is 1. The molecule has 1 atom stereocenters. The van der Waals surface area contributed by atoms with Crippen molar-refractivity contribution in [1.29, 1.82) is 0 Å². The Labute approximate surface area is 159 Å². The molecule has 0 bridgehead atoms. The van der Waals surface area contributed by atoms with Gasteiger partial charge in [-0.2, -0.15) is 5.10 Å². The summed E-state index contributed by atoms with van der Waals surface area (Å²) in [5, 5.41) is 7.46. The number of fused-ring (bicyclic) bond motifs is 1. The lowest BCUT2D eigenvalue weighted by Crippen LogP contribution is -2.32. The summed E-state index contributed by atoms with van der Waals surface area (Å²) < 4.78 is 11.7. The monoisotopic (exact) mass is 363 g/mol. The zero-order valence-electron chi connectivity index (χ0n) is 15.8. The van der Waals surface area contributed by atoms with Crippen molar-refractivity contribution >= 4 is 0 Å². The number of ether oxygens (including phenoxy) is 2. The Morgan fingerprint density at radius 2 is 2.07 bits per heavy atom. The Hall–Kier alpha value is -2.79. The lowest BCUT2D eigenvalue weighted by atomic mass is 10.1. The molecule has 0 fully saturated rings. The molecule has 0 amide bonds. The number of nitrogens with one attached hydrogen (secondary N) is 1.